The molecule has 1 aromatic carbocycles. The molecule has 0 saturated heterocycles. The van der Waals surface area contributed by atoms with Crippen molar-refractivity contribution in [3.8, 4) is 11.5 Å². The largest absolute Gasteiger partial charge is 0.368 e. The average molecular weight is 265 g/mol. The van der Waals surface area contributed by atoms with Crippen LogP contribution in [-0.2, 0) is 0 Å². The molecule has 0 aliphatic rings. The summed E-state index contributed by atoms with van der Waals surface area (Å²) in [5.41, 5.74) is 6.82. The number of nitrogens with zero attached hydrogens (tertiary/aromatic N) is 4. The molecule has 20 heavy (non-hydrogen) atoms. The number of anilines is 1. The van der Waals surface area contributed by atoms with Crippen molar-refractivity contribution in [2.24, 2.45) is 0 Å². The van der Waals surface area contributed by atoms with E-state index in [0.717, 1.165) is 4.68 Å². The summed E-state index contributed by atoms with van der Waals surface area (Å²) in [4.78, 5) is 20.5. The Balaban J connectivity index is 2.00. The van der Waals surface area contributed by atoms with Crippen LogP contribution in [-0.4, -0.2) is 25.7 Å². The maximum absolute atomic E-state index is 12.3. The highest BCUT2D eigenvalue weighted by Crippen LogP contribution is 2.14. The van der Waals surface area contributed by atoms with Gasteiger partial charge in [-0.2, -0.15) is 9.67 Å². The molecule has 0 saturated carbocycles. The molecule has 0 aliphatic carbocycles. The molecule has 98 valence electrons. The molecular weight excluding hydrogens is 254 g/mol. The van der Waals surface area contributed by atoms with E-state index in [4.69, 9.17) is 5.73 Å². The highest BCUT2D eigenvalue weighted by atomic mass is 16.2. The Morgan fingerprint density at radius 1 is 1.05 bits per heavy atom. The van der Waals surface area contributed by atoms with Crippen LogP contribution >= 0.6 is 0 Å². The van der Waals surface area contributed by atoms with Crippen molar-refractivity contribution < 1.29 is 4.79 Å². The molecule has 0 amide bonds. The first-order valence-corrected chi connectivity index (χ1v) is 5.99. The fourth-order valence-corrected chi connectivity index (χ4v) is 1.78. The van der Waals surface area contributed by atoms with E-state index < -0.39 is 0 Å². The van der Waals surface area contributed by atoms with Gasteiger partial charge in [0.05, 0.1) is 0 Å². The van der Waals surface area contributed by atoms with Crippen molar-refractivity contribution >= 4 is 11.9 Å². The molecule has 0 aliphatic heterocycles. The molecular formula is C14H11N5O. The molecule has 0 bridgehead atoms. The Kier molecular flexibility index (Phi) is 2.96. The van der Waals surface area contributed by atoms with Crippen LogP contribution < -0.4 is 5.73 Å². The number of carbonyl (C=O) groups excluding carboxylic acids is 1. The first kappa shape index (κ1) is 12.0. The zero-order valence-electron chi connectivity index (χ0n) is 10.5. The van der Waals surface area contributed by atoms with Crippen LogP contribution in [0.4, 0.5) is 5.95 Å². The van der Waals surface area contributed by atoms with Crippen LogP contribution in [0, 0.1) is 0 Å². The first-order chi connectivity index (χ1) is 9.75. The molecule has 2 N–H and O–H groups in total. The lowest BCUT2D eigenvalue weighted by Crippen LogP contribution is -2.16. The van der Waals surface area contributed by atoms with Crippen molar-refractivity contribution in [2.75, 3.05) is 5.73 Å². The minimum atomic E-state index is -0.321. The number of rotatable bonds is 2. The van der Waals surface area contributed by atoms with E-state index in [0.29, 0.717) is 17.1 Å². The fourth-order valence-electron chi connectivity index (χ4n) is 1.78. The molecule has 2 heterocycles. The summed E-state index contributed by atoms with van der Waals surface area (Å²) < 4.78 is 1.08. The number of benzene rings is 1. The van der Waals surface area contributed by atoms with E-state index in [2.05, 4.69) is 15.1 Å². The van der Waals surface area contributed by atoms with Crippen molar-refractivity contribution in [3.05, 3.63) is 60.3 Å². The summed E-state index contributed by atoms with van der Waals surface area (Å²) in [6.07, 6.45) is 1.63. The molecule has 0 radical (unpaired) electrons. The van der Waals surface area contributed by atoms with Gasteiger partial charge in [0.2, 0.25) is 11.8 Å². The second-order valence-electron chi connectivity index (χ2n) is 4.09. The Labute approximate surface area is 114 Å². The van der Waals surface area contributed by atoms with E-state index in [9.17, 15) is 4.79 Å². The SMILES string of the molecule is Nc1nc(-c2ccccn2)nn1C(=O)c1ccccc1. The van der Waals surface area contributed by atoms with E-state index in [-0.39, 0.29) is 11.9 Å². The fraction of sp³-hybridized carbons (Fsp3) is 0. The Morgan fingerprint density at radius 3 is 2.50 bits per heavy atom. The first-order valence-electron chi connectivity index (χ1n) is 5.99. The zero-order valence-corrected chi connectivity index (χ0v) is 10.5. The topological polar surface area (TPSA) is 86.7 Å². The van der Waals surface area contributed by atoms with E-state index in [1.165, 1.54) is 0 Å². The predicted molar refractivity (Wildman–Crippen MR) is 73.8 cm³/mol. The third kappa shape index (κ3) is 2.14. The van der Waals surface area contributed by atoms with Crippen LogP contribution in [0.25, 0.3) is 11.5 Å². The Bertz CT molecular complexity index is 737. The maximum atomic E-state index is 12.3. The van der Waals surface area contributed by atoms with Gasteiger partial charge in [-0.3, -0.25) is 9.78 Å². The smallest absolute Gasteiger partial charge is 0.281 e. The van der Waals surface area contributed by atoms with Crippen LogP contribution in [0.3, 0.4) is 0 Å². The summed E-state index contributed by atoms with van der Waals surface area (Å²) in [7, 11) is 0. The van der Waals surface area contributed by atoms with Gasteiger partial charge in [-0.05, 0) is 24.3 Å². The lowest BCUT2D eigenvalue weighted by Gasteiger charge is -2.00. The summed E-state index contributed by atoms with van der Waals surface area (Å²) >= 11 is 0. The van der Waals surface area contributed by atoms with Gasteiger partial charge < -0.3 is 5.73 Å². The standard InChI is InChI=1S/C14H11N5O/c15-14-17-12(11-8-4-5-9-16-11)18-19(14)13(20)10-6-2-1-3-7-10/h1-9H,(H2,15,17,18). The number of carbonyl (C=O) groups is 1. The number of pyridine rings is 1. The average Bonchev–Trinajstić information content (AvgIpc) is 2.90. The van der Waals surface area contributed by atoms with Gasteiger partial charge in [-0.15, -0.1) is 5.10 Å². The van der Waals surface area contributed by atoms with Gasteiger partial charge in [0.25, 0.3) is 5.91 Å². The van der Waals surface area contributed by atoms with Gasteiger partial charge in [0.1, 0.15) is 5.69 Å². The zero-order chi connectivity index (χ0) is 13.9. The second kappa shape index (κ2) is 4.93. The van der Waals surface area contributed by atoms with E-state index in [1.807, 2.05) is 12.1 Å². The summed E-state index contributed by atoms with van der Waals surface area (Å²) in [6.45, 7) is 0. The van der Waals surface area contributed by atoms with Gasteiger partial charge in [-0.25, -0.2) is 0 Å². The Hall–Kier alpha value is -3.02. The quantitative estimate of drug-likeness (QED) is 0.760. The number of aromatic nitrogens is 4. The normalized spacial score (nSPS) is 10.4. The van der Waals surface area contributed by atoms with Gasteiger partial charge in [-0.1, -0.05) is 24.3 Å². The number of hydrogen-bond donors (Lipinski definition) is 1. The number of nitrogens with two attached hydrogens (primary N) is 1. The third-order valence-electron chi connectivity index (χ3n) is 2.74. The molecule has 2 aromatic heterocycles. The molecule has 0 fully saturated rings. The van der Waals surface area contributed by atoms with E-state index >= 15 is 0 Å². The van der Waals surface area contributed by atoms with Crippen LogP contribution in [0.5, 0.6) is 0 Å². The number of nitrogen functional groups attached to an aromatic ring is 1. The minimum absolute atomic E-state index is 0.0412. The van der Waals surface area contributed by atoms with Crippen molar-refractivity contribution in [3.63, 3.8) is 0 Å². The summed E-state index contributed by atoms with van der Waals surface area (Å²) in [5, 5.41) is 4.12. The van der Waals surface area contributed by atoms with Crippen LogP contribution in [0.1, 0.15) is 10.4 Å². The lowest BCUT2D eigenvalue weighted by molar-refractivity contribution is 0.0948. The van der Waals surface area contributed by atoms with Gasteiger partial charge >= 0.3 is 0 Å². The van der Waals surface area contributed by atoms with Gasteiger partial charge in [0.15, 0.2) is 0 Å². The molecule has 6 heteroatoms. The van der Waals surface area contributed by atoms with Crippen molar-refractivity contribution in [1.29, 1.82) is 0 Å². The number of hydrogen-bond acceptors (Lipinski definition) is 5. The molecule has 3 rings (SSSR count). The molecule has 0 unspecified atom stereocenters. The monoisotopic (exact) mass is 265 g/mol. The summed E-state index contributed by atoms with van der Waals surface area (Å²) in [6, 6.07) is 14.2. The minimum Gasteiger partial charge on any atom is -0.368 e. The predicted octanol–water partition coefficient (Wildman–Crippen LogP) is 1.61. The lowest BCUT2D eigenvalue weighted by atomic mass is 10.2. The second-order valence-corrected chi connectivity index (χ2v) is 4.09. The highest BCUT2D eigenvalue weighted by Gasteiger charge is 2.16. The maximum Gasteiger partial charge on any atom is 0.281 e. The molecule has 6 nitrogen and oxygen atoms in total. The molecule has 0 atom stereocenters. The highest BCUT2D eigenvalue weighted by molar-refractivity contribution is 5.96. The third-order valence-corrected chi connectivity index (χ3v) is 2.74. The van der Waals surface area contributed by atoms with E-state index in [1.54, 1.807) is 42.6 Å². The van der Waals surface area contributed by atoms with Crippen molar-refractivity contribution in [2.45, 2.75) is 0 Å². The summed E-state index contributed by atoms with van der Waals surface area (Å²) in [5.74, 6) is 0.0460. The van der Waals surface area contributed by atoms with Crippen molar-refractivity contribution in [1.82, 2.24) is 19.7 Å². The Morgan fingerprint density at radius 2 is 1.80 bits per heavy atom. The van der Waals surface area contributed by atoms with Crippen LogP contribution in [0.15, 0.2) is 54.7 Å². The van der Waals surface area contributed by atoms with Gasteiger partial charge in [0, 0.05) is 11.8 Å². The molecule has 3 aromatic rings. The van der Waals surface area contributed by atoms with Crippen LogP contribution in [0.2, 0.25) is 0 Å². The molecule has 0 spiro atoms.